The topological polar surface area (TPSA) is 64.4 Å². The van der Waals surface area contributed by atoms with Crippen molar-refractivity contribution in [2.45, 2.75) is 38.0 Å². The number of aromatic nitrogens is 1. The molecule has 134 valence electrons. The second-order valence-electron chi connectivity index (χ2n) is 7.00. The number of oxazole rings is 1. The van der Waals surface area contributed by atoms with E-state index in [4.69, 9.17) is 9.15 Å². The number of amides is 1. The summed E-state index contributed by atoms with van der Waals surface area (Å²) in [7, 11) is 0. The van der Waals surface area contributed by atoms with Gasteiger partial charge in [0.2, 0.25) is 0 Å². The summed E-state index contributed by atoms with van der Waals surface area (Å²) in [4.78, 5) is 16.8. The lowest BCUT2D eigenvalue weighted by Gasteiger charge is -2.26. The van der Waals surface area contributed by atoms with Crippen LogP contribution in [-0.2, 0) is 10.2 Å². The fraction of sp³-hybridized carbons (Fsp3) is 0.474. The Labute approximate surface area is 156 Å². The van der Waals surface area contributed by atoms with Crippen LogP contribution in [0.15, 0.2) is 39.4 Å². The molecular formula is C19H23BrN2O3. The molecule has 1 aromatic heterocycles. The van der Waals surface area contributed by atoms with E-state index in [1.165, 1.54) is 6.26 Å². The van der Waals surface area contributed by atoms with Crippen molar-refractivity contribution in [2.75, 3.05) is 19.8 Å². The van der Waals surface area contributed by atoms with Crippen molar-refractivity contribution in [3.63, 3.8) is 0 Å². The first-order chi connectivity index (χ1) is 12.0. The highest BCUT2D eigenvalue weighted by Crippen LogP contribution is 2.29. The normalized spacial score (nSPS) is 16.0. The van der Waals surface area contributed by atoms with Crippen molar-refractivity contribution >= 4 is 21.8 Å². The molecule has 1 aliphatic heterocycles. The van der Waals surface area contributed by atoms with Gasteiger partial charge in [-0.3, -0.25) is 4.79 Å². The maximum absolute atomic E-state index is 12.4. The van der Waals surface area contributed by atoms with Crippen LogP contribution in [0.4, 0.5) is 0 Å². The van der Waals surface area contributed by atoms with Gasteiger partial charge < -0.3 is 14.5 Å². The molecule has 1 fully saturated rings. The van der Waals surface area contributed by atoms with E-state index in [-0.39, 0.29) is 17.2 Å². The van der Waals surface area contributed by atoms with Crippen LogP contribution < -0.4 is 5.32 Å². The number of hydrogen-bond acceptors (Lipinski definition) is 4. The number of carbonyl (C=O) groups is 1. The quantitative estimate of drug-likeness (QED) is 0.813. The fourth-order valence-electron chi connectivity index (χ4n) is 3.02. The number of nitrogens with one attached hydrogen (secondary N) is 1. The highest BCUT2D eigenvalue weighted by atomic mass is 79.9. The Kier molecular flexibility index (Phi) is 5.59. The second kappa shape index (κ2) is 7.70. The van der Waals surface area contributed by atoms with Gasteiger partial charge >= 0.3 is 0 Å². The lowest BCUT2D eigenvalue weighted by Crippen LogP contribution is -2.37. The molecule has 1 amide bonds. The number of rotatable bonds is 5. The van der Waals surface area contributed by atoms with Crippen LogP contribution in [0, 0.1) is 0 Å². The SMILES string of the molecule is CC(C)(CNC(=O)c1coc(C2CCOCC2)n1)c1ccccc1Br. The maximum Gasteiger partial charge on any atom is 0.273 e. The predicted octanol–water partition coefficient (Wildman–Crippen LogP) is 4.04. The van der Waals surface area contributed by atoms with Crippen LogP contribution in [0.3, 0.4) is 0 Å². The van der Waals surface area contributed by atoms with E-state index in [1.54, 1.807) is 0 Å². The summed E-state index contributed by atoms with van der Waals surface area (Å²) in [5.74, 6) is 0.674. The summed E-state index contributed by atoms with van der Waals surface area (Å²) < 4.78 is 11.9. The minimum atomic E-state index is -0.206. The van der Waals surface area contributed by atoms with Gasteiger partial charge in [-0.1, -0.05) is 48.0 Å². The molecule has 2 heterocycles. The molecule has 0 aliphatic carbocycles. The van der Waals surface area contributed by atoms with E-state index in [0.717, 1.165) is 22.9 Å². The molecule has 2 aromatic rings. The van der Waals surface area contributed by atoms with Gasteiger partial charge in [0.05, 0.1) is 0 Å². The molecule has 1 N–H and O–H groups in total. The fourth-order valence-corrected chi connectivity index (χ4v) is 3.84. The van der Waals surface area contributed by atoms with Crippen molar-refractivity contribution in [1.82, 2.24) is 10.3 Å². The lowest BCUT2D eigenvalue weighted by atomic mass is 9.84. The molecular weight excluding hydrogens is 384 g/mol. The van der Waals surface area contributed by atoms with E-state index < -0.39 is 0 Å². The standard InChI is InChI=1S/C19H23BrN2O3/c1-19(2,14-5-3-4-6-15(14)20)12-21-17(23)16-11-25-18(22-16)13-7-9-24-10-8-13/h3-6,11,13H,7-10,12H2,1-2H3,(H,21,23). The van der Waals surface area contributed by atoms with Crippen LogP contribution in [0.25, 0.3) is 0 Å². The molecule has 0 spiro atoms. The Morgan fingerprint density at radius 3 is 2.76 bits per heavy atom. The van der Waals surface area contributed by atoms with Crippen molar-refractivity contribution < 1.29 is 13.9 Å². The summed E-state index contributed by atoms with van der Waals surface area (Å²) in [6, 6.07) is 8.06. The number of nitrogens with zero attached hydrogens (tertiary/aromatic N) is 1. The van der Waals surface area contributed by atoms with Crippen molar-refractivity contribution in [2.24, 2.45) is 0 Å². The van der Waals surface area contributed by atoms with Gasteiger partial charge in [-0.15, -0.1) is 0 Å². The van der Waals surface area contributed by atoms with E-state index in [1.807, 2.05) is 18.2 Å². The van der Waals surface area contributed by atoms with Crippen LogP contribution in [0.2, 0.25) is 0 Å². The molecule has 5 nitrogen and oxygen atoms in total. The Morgan fingerprint density at radius 2 is 2.04 bits per heavy atom. The van der Waals surface area contributed by atoms with E-state index in [9.17, 15) is 4.79 Å². The minimum Gasteiger partial charge on any atom is -0.448 e. The lowest BCUT2D eigenvalue weighted by molar-refractivity contribution is 0.0794. The average molecular weight is 407 g/mol. The van der Waals surface area contributed by atoms with Gasteiger partial charge in [0.25, 0.3) is 5.91 Å². The predicted molar refractivity (Wildman–Crippen MR) is 98.8 cm³/mol. The van der Waals surface area contributed by atoms with Crippen molar-refractivity contribution in [3.8, 4) is 0 Å². The summed E-state index contributed by atoms with van der Waals surface area (Å²) in [6.45, 7) is 6.14. The molecule has 0 unspecified atom stereocenters. The second-order valence-corrected chi connectivity index (χ2v) is 7.86. The van der Waals surface area contributed by atoms with Gasteiger partial charge in [0, 0.05) is 35.6 Å². The van der Waals surface area contributed by atoms with Gasteiger partial charge in [-0.05, 0) is 24.5 Å². The molecule has 0 radical (unpaired) electrons. The number of carbonyl (C=O) groups excluding carboxylic acids is 1. The number of halogens is 1. The summed E-state index contributed by atoms with van der Waals surface area (Å²) in [5, 5.41) is 2.97. The van der Waals surface area contributed by atoms with Crippen LogP contribution in [-0.4, -0.2) is 30.6 Å². The van der Waals surface area contributed by atoms with Crippen molar-refractivity contribution in [3.05, 3.63) is 52.1 Å². The summed E-state index contributed by atoms with van der Waals surface area (Å²) in [5.41, 5.74) is 1.28. The third kappa shape index (κ3) is 4.30. The molecule has 1 aromatic carbocycles. The maximum atomic E-state index is 12.4. The van der Waals surface area contributed by atoms with E-state index in [0.29, 0.717) is 31.3 Å². The van der Waals surface area contributed by atoms with Gasteiger partial charge in [-0.2, -0.15) is 0 Å². The van der Waals surface area contributed by atoms with Crippen molar-refractivity contribution in [1.29, 1.82) is 0 Å². The van der Waals surface area contributed by atoms with E-state index >= 15 is 0 Å². The molecule has 1 aliphatic rings. The Bertz CT molecular complexity index is 736. The minimum absolute atomic E-state index is 0.205. The van der Waals surface area contributed by atoms with Crippen LogP contribution in [0.1, 0.15) is 54.5 Å². The molecule has 3 rings (SSSR count). The molecule has 0 saturated carbocycles. The third-order valence-corrected chi connectivity index (χ3v) is 5.31. The zero-order valence-electron chi connectivity index (χ0n) is 14.5. The number of ether oxygens (including phenoxy) is 1. The zero-order chi connectivity index (χ0) is 17.9. The zero-order valence-corrected chi connectivity index (χ0v) is 16.1. The highest BCUT2D eigenvalue weighted by molar-refractivity contribution is 9.10. The number of benzene rings is 1. The average Bonchev–Trinajstić information content (AvgIpc) is 3.11. The Hall–Kier alpha value is -1.66. The molecule has 1 saturated heterocycles. The Balaban J connectivity index is 1.62. The molecule has 0 atom stereocenters. The van der Waals surface area contributed by atoms with Crippen LogP contribution >= 0.6 is 15.9 Å². The van der Waals surface area contributed by atoms with Gasteiger partial charge in [0.1, 0.15) is 6.26 Å². The monoisotopic (exact) mass is 406 g/mol. The summed E-state index contributed by atoms with van der Waals surface area (Å²) >= 11 is 3.58. The molecule has 25 heavy (non-hydrogen) atoms. The largest absolute Gasteiger partial charge is 0.448 e. The summed E-state index contributed by atoms with van der Waals surface area (Å²) in [6.07, 6.45) is 3.22. The number of hydrogen-bond donors (Lipinski definition) is 1. The third-order valence-electron chi connectivity index (χ3n) is 4.62. The molecule has 0 bridgehead atoms. The highest BCUT2D eigenvalue weighted by Gasteiger charge is 2.26. The first-order valence-electron chi connectivity index (χ1n) is 8.54. The van der Waals surface area contributed by atoms with Gasteiger partial charge in [0.15, 0.2) is 11.6 Å². The molecule has 6 heteroatoms. The first-order valence-corrected chi connectivity index (χ1v) is 9.33. The van der Waals surface area contributed by atoms with Gasteiger partial charge in [-0.25, -0.2) is 4.98 Å². The Morgan fingerprint density at radius 1 is 1.32 bits per heavy atom. The van der Waals surface area contributed by atoms with E-state index in [2.05, 4.69) is 46.1 Å². The first kappa shape index (κ1) is 18.1. The smallest absolute Gasteiger partial charge is 0.273 e. The van der Waals surface area contributed by atoms with Crippen LogP contribution in [0.5, 0.6) is 0 Å².